The van der Waals surface area contributed by atoms with Crippen molar-refractivity contribution in [2.75, 3.05) is 112 Å². The number of nitrogens with zero attached hydrogens (tertiary/aromatic N) is 12. The van der Waals surface area contributed by atoms with E-state index in [9.17, 15) is 19.2 Å². The average Bonchev–Trinajstić information content (AvgIpc) is 3.18. The molecule has 54 heavy (non-hydrogen) atoms. The van der Waals surface area contributed by atoms with E-state index >= 15 is 0 Å². The Bertz CT molecular complexity index is 1770. The van der Waals surface area contributed by atoms with Crippen LogP contribution in [0.25, 0.3) is 0 Å². The van der Waals surface area contributed by atoms with Crippen molar-refractivity contribution in [3.8, 4) is 0 Å². The fourth-order valence-electron chi connectivity index (χ4n) is 5.11. The molecule has 4 aromatic rings. The Labute approximate surface area is 310 Å². The van der Waals surface area contributed by atoms with E-state index in [1.54, 1.807) is 86.5 Å². The molecule has 8 bridgehead atoms. The van der Waals surface area contributed by atoms with Crippen LogP contribution in [0, 0.1) is 0 Å². The van der Waals surface area contributed by atoms with Crippen LogP contribution in [0.2, 0.25) is 0 Å². The van der Waals surface area contributed by atoms with Crippen molar-refractivity contribution >= 4 is 82.3 Å². The number of rotatable bonds is 10. The van der Waals surface area contributed by atoms with E-state index in [-0.39, 0.29) is 61.9 Å². The Balaban J connectivity index is 1.92. The van der Waals surface area contributed by atoms with Gasteiger partial charge in [-0.1, -0.05) is 12.1 Å². The Morgan fingerprint density at radius 2 is 0.704 bits per heavy atom. The number of esters is 4. The first-order valence-corrected chi connectivity index (χ1v) is 16.3. The zero-order chi connectivity index (χ0) is 39.1. The fraction of sp³-hybridized carbons (Fsp3) is 0.353. The lowest BCUT2D eigenvalue weighted by atomic mass is 10.2. The summed E-state index contributed by atoms with van der Waals surface area (Å²) in [4.78, 5) is 89.3. The normalized spacial score (nSPS) is 12.1. The van der Waals surface area contributed by atoms with Gasteiger partial charge in [-0.25, -0.2) is 0 Å². The summed E-state index contributed by atoms with van der Waals surface area (Å²) in [6.07, 6.45) is 0. The summed E-state index contributed by atoms with van der Waals surface area (Å²) in [7, 11) is 11.9. The predicted molar refractivity (Wildman–Crippen MR) is 197 cm³/mol. The molecular formula is C34H40N12O8. The van der Waals surface area contributed by atoms with Gasteiger partial charge < -0.3 is 28.7 Å². The molecule has 20 heteroatoms. The van der Waals surface area contributed by atoms with Crippen LogP contribution in [0.5, 0.6) is 0 Å². The molecule has 20 nitrogen and oxygen atoms in total. The molecular weight excluding hydrogens is 704 g/mol. The van der Waals surface area contributed by atoms with Gasteiger partial charge >= 0.3 is 23.9 Å². The molecule has 0 N–H and O–H groups in total. The van der Waals surface area contributed by atoms with Crippen molar-refractivity contribution in [3.63, 3.8) is 0 Å². The smallest absolute Gasteiger partial charge is 0.325 e. The zero-order valence-electron chi connectivity index (χ0n) is 31.1. The standard InChI is InChI=1S/C34H40N12O8/c1-41(2)29-35-31-39-32(36-29)44(18-26(48)52-6)22-12-10-14-24(16-22)46(20-28(50)54-8)34-38-30(42(3)4)37-33(40-34)45(19-27(49)53-7)23-13-9-11-21(15-23)43(31)17-25(47)51-5/h9-16H,17-20H2,1-8H3. The van der Waals surface area contributed by atoms with E-state index in [0.717, 1.165) is 0 Å². The van der Waals surface area contributed by atoms with Gasteiger partial charge in [0.15, 0.2) is 0 Å². The first kappa shape index (κ1) is 38.4. The Morgan fingerprint density at radius 1 is 0.463 bits per heavy atom. The number of aromatic nitrogens is 6. The molecule has 0 spiro atoms. The molecule has 3 heterocycles. The number of anilines is 10. The van der Waals surface area contributed by atoms with Crippen molar-refractivity contribution in [2.45, 2.75) is 0 Å². The highest BCUT2D eigenvalue weighted by Crippen LogP contribution is 2.36. The number of carbonyl (C=O) groups excluding carboxylic acids is 4. The van der Waals surface area contributed by atoms with Gasteiger partial charge in [-0.3, -0.25) is 38.8 Å². The lowest BCUT2D eigenvalue weighted by Crippen LogP contribution is -2.33. The molecule has 284 valence electrons. The largest absolute Gasteiger partial charge is 0.468 e. The van der Waals surface area contributed by atoms with Crippen LogP contribution < -0.4 is 29.4 Å². The van der Waals surface area contributed by atoms with Crippen molar-refractivity contribution in [2.24, 2.45) is 0 Å². The molecule has 0 unspecified atom stereocenters. The van der Waals surface area contributed by atoms with Crippen molar-refractivity contribution in [3.05, 3.63) is 48.5 Å². The fourth-order valence-corrected chi connectivity index (χ4v) is 5.11. The first-order chi connectivity index (χ1) is 25.8. The number of hydrogen-bond acceptors (Lipinski definition) is 20. The molecule has 0 saturated carbocycles. The summed E-state index contributed by atoms with van der Waals surface area (Å²) >= 11 is 0. The summed E-state index contributed by atoms with van der Waals surface area (Å²) < 4.78 is 20.2. The van der Waals surface area contributed by atoms with E-state index in [1.807, 2.05) is 0 Å². The summed E-state index contributed by atoms with van der Waals surface area (Å²) in [5, 5.41) is 0. The maximum atomic E-state index is 13.0. The quantitative estimate of drug-likeness (QED) is 0.168. The maximum absolute atomic E-state index is 13.0. The van der Waals surface area contributed by atoms with Crippen LogP contribution in [-0.4, -0.2) is 137 Å². The number of benzene rings is 2. The van der Waals surface area contributed by atoms with Crippen molar-refractivity contribution in [1.29, 1.82) is 0 Å². The minimum atomic E-state index is -0.614. The van der Waals surface area contributed by atoms with Crippen LogP contribution in [0.3, 0.4) is 0 Å². The highest BCUT2D eigenvalue weighted by atomic mass is 16.5. The Morgan fingerprint density at radius 3 is 0.907 bits per heavy atom. The summed E-state index contributed by atoms with van der Waals surface area (Å²) in [5.74, 6) is -1.99. The second-order valence-electron chi connectivity index (χ2n) is 11.9. The van der Waals surface area contributed by atoms with E-state index in [0.29, 0.717) is 22.7 Å². The van der Waals surface area contributed by atoms with Gasteiger partial charge in [0, 0.05) is 50.9 Å². The first-order valence-electron chi connectivity index (χ1n) is 16.3. The average molecular weight is 745 g/mol. The zero-order valence-corrected chi connectivity index (χ0v) is 31.1. The molecule has 0 fully saturated rings. The third kappa shape index (κ3) is 8.60. The summed E-state index contributed by atoms with van der Waals surface area (Å²) in [5.41, 5.74) is 1.60. The topological polar surface area (TPSA) is 202 Å². The summed E-state index contributed by atoms with van der Waals surface area (Å²) in [6.45, 7) is -1.38. The lowest BCUT2D eigenvalue weighted by molar-refractivity contribution is -0.139. The van der Waals surface area contributed by atoms with Crippen LogP contribution >= 0.6 is 0 Å². The van der Waals surface area contributed by atoms with E-state index in [1.165, 1.54) is 48.0 Å². The Kier molecular flexibility index (Phi) is 11.8. The SMILES string of the molecule is COC(=O)CN1c2cccc(c2)N(CC(=O)OC)c2nc(N(C)C)nc(n2)N(CC(=O)OC)c2cccc(c2)N(CC(=O)OC)c2nc(N(C)C)nc1n2. The molecule has 0 radical (unpaired) electrons. The second kappa shape index (κ2) is 16.7. The predicted octanol–water partition coefficient (Wildman–Crippen LogP) is 1.75. The number of fused-ring (bicyclic) bond motifs is 8. The third-order valence-corrected chi connectivity index (χ3v) is 7.93. The van der Waals surface area contributed by atoms with Gasteiger partial charge in [-0.15, -0.1) is 0 Å². The minimum absolute atomic E-state index is 0.0218. The number of hydrogen-bond donors (Lipinski definition) is 0. The molecule has 2 aromatic carbocycles. The van der Waals surface area contributed by atoms with Gasteiger partial charge in [0.1, 0.15) is 26.2 Å². The molecule has 1 aliphatic heterocycles. The summed E-state index contributed by atoms with van der Waals surface area (Å²) in [6, 6.07) is 13.6. The van der Waals surface area contributed by atoms with Gasteiger partial charge in [-0.2, -0.15) is 29.9 Å². The third-order valence-electron chi connectivity index (χ3n) is 7.93. The molecule has 0 saturated heterocycles. The molecule has 5 rings (SSSR count). The van der Waals surface area contributed by atoms with E-state index in [4.69, 9.17) is 28.9 Å². The van der Waals surface area contributed by atoms with Crippen LogP contribution in [-0.2, 0) is 38.1 Å². The number of ether oxygens (including phenoxy) is 4. The van der Waals surface area contributed by atoms with Gasteiger partial charge in [0.25, 0.3) is 0 Å². The van der Waals surface area contributed by atoms with Crippen LogP contribution in [0.4, 0.5) is 58.4 Å². The number of methoxy groups -OCH3 is 4. The van der Waals surface area contributed by atoms with E-state index in [2.05, 4.69) is 19.9 Å². The minimum Gasteiger partial charge on any atom is -0.468 e. The Hall–Kier alpha value is -6.86. The van der Waals surface area contributed by atoms with Crippen molar-refractivity contribution in [1.82, 2.24) is 29.9 Å². The van der Waals surface area contributed by atoms with Gasteiger partial charge in [0.05, 0.1) is 28.4 Å². The lowest BCUT2D eigenvalue weighted by Gasteiger charge is -2.30. The van der Waals surface area contributed by atoms with E-state index < -0.39 is 23.9 Å². The molecule has 0 aliphatic carbocycles. The van der Waals surface area contributed by atoms with Gasteiger partial charge in [0.2, 0.25) is 35.7 Å². The second-order valence-corrected chi connectivity index (χ2v) is 11.9. The molecule has 2 aromatic heterocycles. The molecule has 0 atom stereocenters. The highest BCUT2D eigenvalue weighted by Gasteiger charge is 2.29. The highest BCUT2D eigenvalue weighted by molar-refractivity contribution is 5.85. The maximum Gasteiger partial charge on any atom is 0.325 e. The van der Waals surface area contributed by atoms with Crippen LogP contribution in [0.1, 0.15) is 0 Å². The van der Waals surface area contributed by atoms with Crippen molar-refractivity contribution < 1.29 is 38.1 Å². The monoisotopic (exact) mass is 744 g/mol. The van der Waals surface area contributed by atoms with Crippen LogP contribution in [0.15, 0.2) is 48.5 Å². The molecule has 0 amide bonds. The molecule has 1 aliphatic rings. The van der Waals surface area contributed by atoms with Gasteiger partial charge in [-0.05, 0) is 36.4 Å². The number of carbonyl (C=O) groups is 4.